The molecule has 0 radical (unpaired) electrons. The third kappa shape index (κ3) is 9.33. The molecule has 5 rings (SSSR count). The number of likely N-dealkylation sites (tertiary alicyclic amines) is 1. The van der Waals surface area contributed by atoms with E-state index < -0.39 is 24.3 Å². The molecular formula is C25H31F6N7O6. The average molecular weight is 640 g/mol. The molecule has 2 aromatic heterocycles. The maximum atomic E-state index is 10.6. The molecule has 3 atom stereocenters. The fourth-order valence-electron chi connectivity index (χ4n) is 4.99. The number of nitrogens with two attached hydrogens (primary N) is 1. The van der Waals surface area contributed by atoms with Crippen LogP contribution in [0.2, 0.25) is 0 Å². The molecule has 2 saturated heterocycles. The van der Waals surface area contributed by atoms with Crippen LogP contribution < -0.4 is 10.6 Å². The number of nitrogen functional groups attached to an aromatic ring is 1. The maximum absolute atomic E-state index is 10.6. The smallest absolute Gasteiger partial charge is 0.475 e. The number of nitrogens with zero attached hydrogens (tertiary/aromatic N) is 6. The Labute approximate surface area is 247 Å². The molecule has 0 bridgehead atoms. The lowest BCUT2D eigenvalue weighted by molar-refractivity contribution is -0.193. The first-order valence-corrected chi connectivity index (χ1v) is 13.1. The van der Waals surface area contributed by atoms with E-state index in [1.807, 2.05) is 6.20 Å². The summed E-state index contributed by atoms with van der Waals surface area (Å²) < 4.78 is 75.3. The minimum Gasteiger partial charge on any atom is -0.475 e. The summed E-state index contributed by atoms with van der Waals surface area (Å²) in [6.45, 7) is 9.80. The van der Waals surface area contributed by atoms with Crippen molar-refractivity contribution >= 4 is 23.8 Å². The van der Waals surface area contributed by atoms with Crippen molar-refractivity contribution in [2.45, 2.75) is 63.4 Å². The fourth-order valence-corrected chi connectivity index (χ4v) is 4.99. The van der Waals surface area contributed by atoms with Crippen molar-refractivity contribution in [3.63, 3.8) is 0 Å². The van der Waals surface area contributed by atoms with Crippen molar-refractivity contribution in [1.82, 2.24) is 24.8 Å². The van der Waals surface area contributed by atoms with Crippen molar-refractivity contribution in [3.05, 3.63) is 35.4 Å². The molecule has 244 valence electrons. The molecule has 2 aromatic rings. The summed E-state index contributed by atoms with van der Waals surface area (Å²) in [6, 6.07) is 0. The first-order valence-electron chi connectivity index (χ1n) is 13.1. The molecule has 2 fully saturated rings. The van der Waals surface area contributed by atoms with Crippen molar-refractivity contribution in [3.8, 4) is 0 Å². The van der Waals surface area contributed by atoms with Gasteiger partial charge in [0.05, 0.1) is 36.5 Å². The van der Waals surface area contributed by atoms with E-state index in [0.717, 1.165) is 61.9 Å². The number of halogens is 6. The van der Waals surface area contributed by atoms with Gasteiger partial charge in [-0.2, -0.15) is 26.3 Å². The minimum absolute atomic E-state index is 0.0938. The van der Waals surface area contributed by atoms with Gasteiger partial charge in [0, 0.05) is 55.9 Å². The topological polar surface area (TPSA) is 177 Å². The van der Waals surface area contributed by atoms with E-state index in [-0.39, 0.29) is 17.6 Å². The van der Waals surface area contributed by atoms with E-state index in [1.165, 1.54) is 0 Å². The van der Waals surface area contributed by atoms with E-state index in [4.69, 9.17) is 40.0 Å². The van der Waals surface area contributed by atoms with Crippen LogP contribution >= 0.6 is 0 Å². The van der Waals surface area contributed by atoms with E-state index in [9.17, 15) is 26.3 Å². The van der Waals surface area contributed by atoms with Crippen LogP contribution in [0.25, 0.3) is 0 Å². The number of alkyl halides is 6. The Morgan fingerprint density at radius 3 is 2.07 bits per heavy atom. The van der Waals surface area contributed by atoms with Crippen LogP contribution in [0.15, 0.2) is 18.6 Å². The largest absolute Gasteiger partial charge is 0.490 e. The van der Waals surface area contributed by atoms with Gasteiger partial charge in [-0.3, -0.25) is 4.90 Å². The van der Waals surface area contributed by atoms with Crippen molar-refractivity contribution in [2.24, 2.45) is 0 Å². The predicted octanol–water partition coefficient (Wildman–Crippen LogP) is 2.40. The molecule has 3 aliphatic heterocycles. The highest BCUT2D eigenvalue weighted by Crippen LogP contribution is 2.40. The molecule has 0 aliphatic carbocycles. The van der Waals surface area contributed by atoms with Crippen LogP contribution in [0.1, 0.15) is 37.1 Å². The zero-order valence-corrected chi connectivity index (χ0v) is 23.6. The van der Waals surface area contributed by atoms with Gasteiger partial charge in [-0.15, -0.1) is 0 Å². The number of aromatic nitrogens is 4. The molecule has 13 nitrogen and oxygen atoms in total. The second kappa shape index (κ2) is 13.9. The second-order valence-corrected chi connectivity index (χ2v) is 10.5. The number of hydrogen-bond acceptors (Lipinski definition) is 11. The monoisotopic (exact) mass is 639 g/mol. The van der Waals surface area contributed by atoms with Crippen LogP contribution in [-0.2, 0) is 37.6 Å². The molecule has 1 spiro atoms. The van der Waals surface area contributed by atoms with Crippen molar-refractivity contribution in [1.29, 1.82) is 0 Å². The standard InChI is InChI=1S/C21H29N7O2.2C2HF3O2/c1-14-8-28(9-15(2)30-14)20-25-7-17-11-29-13-21(18(17)26-20)3-4-27(12-21)10-16-5-23-19(22)24-6-16;2*3-2(4,5)1(6)7/h5-7,14-15H,3-4,8-13H2,1-2H3,(H2,22,23,24);2*(H,6,7). The van der Waals surface area contributed by atoms with Crippen molar-refractivity contribution < 1.29 is 55.6 Å². The van der Waals surface area contributed by atoms with E-state index in [1.54, 1.807) is 12.4 Å². The number of carboxylic acids is 2. The van der Waals surface area contributed by atoms with Crippen LogP contribution in [0.3, 0.4) is 0 Å². The lowest BCUT2D eigenvalue weighted by atomic mass is 9.80. The van der Waals surface area contributed by atoms with Gasteiger partial charge in [0.15, 0.2) is 0 Å². The Hall–Kier alpha value is -3.84. The van der Waals surface area contributed by atoms with Gasteiger partial charge in [0.2, 0.25) is 11.9 Å². The number of carboxylic acid groups (broad SMARTS) is 2. The summed E-state index contributed by atoms with van der Waals surface area (Å²) >= 11 is 0. The molecular weight excluding hydrogens is 608 g/mol. The van der Waals surface area contributed by atoms with Gasteiger partial charge in [-0.1, -0.05) is 0 Å². The van der Waals surface area contributed by atoms with Crippen molar-refractivity contribution in [2.75, 3.05) is 43.4 Å². The molecule has 5 heterocycles. The highest BCUT2D eigenvalue weighted by atomic mass is 19.4. The predicted molar refractivity (Wildman–Crippen MR) is 139 cm³/mol. The summed E-state index contributed by atoms with van der Waals surface area (Å²) in [5.74, 6) is -4.40. The van der Waals surface area contributed by atoms with Gasteiger partial charge in [-0.25, -0.2) is 29.5 Å². The second-order valence-electron chi connectivity index (χ2n) is 10.5. The van der Waals surface area contributed by atoms with Gasteiger partial charge in [0.1, 0.15) is 0 Å². The number of morpholine rings is 1. The number of rotatable bonds is 3. The third-order valence-electron chi connectivity index (χ3n) is 6.74. The van der Waals surface area contributed by atoms with Crippen LogP contribution in [-0.4, -0.2) is 104 Å². The first-order chi connectivity index (χ1) is 20.4. The average Bonchev–Trinajstić information content (AvgIpc) is 3.32. The van der Waals surface area contributed by atoms with E-state index in [0.29, 0.717) is 19.2 Å². The SMILES string of the molecule is CC1CN(c2ncc3c(n2)C2(CCN(Cc4cnc(N)nc4)C2)COC3)CC(C)O1.O=C(O)C(F)(F)F.O=C(O)C(F)(F)F. The number of aliphatic carboxylic acids is 2. The normalized spacial score (nSPS) is 23.6. The molecule has 0 saturated carbocycles. The maximum Gasteiger partial charge on any atom is 0.490 e. The minimum atomic E-state index is -5.08. The summed E-state index contributed by atoms with van der Waals surface area (Å²) in [7, 11) is 0. The van der Waals surface area contributed by atoms with Gasteiger partial charge in [-0.05, 0) is 26.8 Å². The van der Waals surface area contributed by atoms with Gasteiger partial charge < -0.3 is 30.3 Å². The summed E-state index contributed by atoms with van der Waals surface area (Å²) in [5.41, 5.74) is 8.85. The number of anilines is 2. The molecule has 0 aromatic carbocycles. The third-order valence-corrected chi connectivity index (χ3v) is 6.74. The fraction of sp³-hybridized carbons (Fsp3) is 0.600. The lowest BCUT2D eigenvalue weighted by Gasteiger charge is -2.38. The quantitative estimate of drug-likeness (QED) is 0.418. The Bertz CT molecular complexity index is 1270. The molecule has 0 amide bonds. The molecule has 3 unspecified atom stereocenters. The number of carbonyl (C=O) groups is 2. The Morgan fingerprint density at radius 1 is 1.00 bits per heavy atom. The highest BCUT2D eigenvalue weighted by molar-refractivity contribution is 5.73. The van der Waals surface area contributed by atoms with E-state index in [2.05, 4.69) is 38.6 Å². The molecule has 44 heavy (non-hydrogen) atoms. The Morgan fingerprint density at radius 2 is 1.55 bits per heavy atom. The van der Waals surface area contributed by atoms with Gasteiger partial charge >= 0.3 is 24.3 Å². The molecule has 3 aliphatic rings. The Balaban J connectivity index is 0.000000317. The number of ether oxygens (including phenoxy) is 2. The molecule has 4 N–H and O–H groups in total. The zero-order chi connectivity index (χ0) is 32.9. The summed E-state index contributed by atoms with van der Waals surface area (Å²) in [6.07, 6.45) is -3.23. The van der Waals surface area contributed by atoms with Crippen LogP contribution in [0.5, 0.6) is 0 Å². The molecule has 19 heteroatoms. The van der Waals surface area contributed by atoms with Crippen LogP contribution in [0.4, 0.5) is 38.2 Å². The lowest BCUT2D eigenvalue weighted by Crippen LogP contribution is -2.47. The Kier molecular flexibility index (Phi) is 10.9. The summed E-state index contributed by atoms with van der Waals surface area (Å²) in [4.78, 5) is 40.5. The summed E-state index contributed by atoms with van der Waals surface area (Å²) in [5, 5.41) is 14.2. The highest BCUT2D eigenvalue weighted by Gasteiger charge is 2.45. The first kappa shape index (κ1) is 34.6. The van der Waals surface area contributed by atoms with Gasteiger partial charge in [0.25, 0.3) is 0 Å². The zero-order valence-electron chi connectivity index (χ0n) is 23.6. The number of fused-ring (bicyclic) bond motifs is 2. The van der Waals surface area contributed by atoms with Crippen LogP contribution in [0, 0.1) is 0 Å². The van der Waals surface area contributed by atoms with E-state index >= 15 is 0 Å². The number of hydrogen-bond donors (Lipinski definition) is 3.